The quantitative estimate of drug-likeness (QED) is 0.521. The lowest BCUT2D eigenvalue weighted by Gasteiger charge is -2.31. The number of benzene rings is 1. The molecule has 0 amide bonds. The summed E-state index contributed by atoms with van der Waals surface area (Å²) in [6.45, 7) is 5.24. The summed E-state index contributed by atoms with van der Waals surface area (Å²) in [5.41, 5.74) is 3.13. The first-order valence-electron chi connectivity index (χ1n) is 9.72. The van der Waals surface area contributed by atoms with Gasteiger partial charge in [0.05, 0.1) is 0 Å². The average molecular weight is 409 g/mol. The van der Waals surface area contributed by atoms with Gasteiger partial charge >= 0.3 is 0 Å². The lowest BCUT2D eigenvalue weighted by Crippen LogP contribution is -2.43. The van der Waals surface area contributed by atoms with Crippen LogP contribution in [0, 0.1) is 0 Å². The maximum Gasteiger partial charge on any atom is 0.274 e. The van der Waals surface area contributed by atoms with Gasteiger partial charge in [0.2, 0.25) is 5.95 Å². The Labute approximate surface area is 176 Å². The summed E-state index contributed by atoms with van der Waals surface area (Å²) in [5.74, 6) is 0.600. The normalized spacial score (nSPS) is 12.1. The monoisotopic (exact) mass is 408 g/mol. The molecule has 5 nitrogen and oxygen atoms in total. The van der Waals surface area contributed by atoms with E-state index in [0.717, 1.165) is 18.7 Å². The van der Waals surface area contributed by atoms with Crippen LogP contribution in [-0.4, -0.2) is 48.1 Å². The van der Waals surface area contributed by atoms with Crippen molar-refractivity contribution in [1.82, 2.24) is 14.9 Å². The fourth-order valence-corrected chi connectivity index (χ4v) is 3.97. The van der Waals surface area contributed by atoms with E-state index in [-0.39, 0.29) is 11.6 Å². The topological polar surface area (TPSA) is 52.2 Å². The highest BCUT2D eigenvalue weighted by Crippen LogP contribution is 2.15. The Kier molecular flexibility index (Phi) is 7.38. The molecule has 6 heteroatoms. The summed E-state index contributed by atoms with van der Waals surface area (Å²) in [4.78, 5) is 24.2. The highest BCUT2D eigenvalue weighted by atomic mass is 32.1. The van der Waals surface area contributed by atoms with Crippen molar-refractivity contribution in [1.29, 1.82) is 0 Å². The second kappa shape index (κ2) is 10.2. The number of anilines is 1. The largest absolute Gasteiger partial charge is 0.337 e. The molecule has 0 aliphatic carbocycles. The Morgan fingerprint density at radius 1 is 1.21 bits per heavy atom. The summed E-state index contributed by atoms with van der Waals surface area (Å²) in [5, 5.41) is 4.15. The zero-order chi connectivity index (χ0) is 20.6. The fourth-order valence-electron chi connectivity index (χ4n) is 3.31. The van der Waals surface area contributed by atoms with Gasteiger partial charge in [0.15, 0.2) is 0 Å². The molecule has 3 aromatic rings. The van der Waals surface area contributed by atoms with Crippen molar-refractivity contribution >= 4 is 17.3 Å². The van der Waals surface area contributed by atoms with Gasteiger partial charge in [0, 0.05) is 37.3 Å². The van der Waals surface area contributed by atoms with Gasteiger partial charge in [-0.2, -0.15) is 16.3 Å². The number of H-pyrrole nitrogens is 1. The molecule has 0 radical (unpaired) electrons. The van der Waals surface area contributed by atoms with Gasteiger partial charge in [-0.3, -0.25) is 4.79 Å². The van der Waals surface area contributed by atoms with Crippen molar-refractivity contribution in [3.63, 3.8) is 0 Å². The van der Waals surface area contributed by atoms with Crippen LogP contribution < -0.4 is 10.5 Å². The second-order valence-electron chi connectivity index (χ2n) is 7.38. The Balaban J connectivity index is 1.83. The van der Waals surface area contributed by atoms with Gasteiger partial charge in [0.25, 0.3) is 5.56 Å². The van der Waals surface area contributed by atoms with Gasteiger partial charge in [-0.15, -0.1) is 6.58 Å². The lowest BCUT2D eigenvalue weighted by molar-refractivity contribution is 0.293. The average Bonchev–Trinajstić information content (AvgIpc) is 3.20. The van der Waals surface area contributed by atoms with E-state index in [4.69, 9.17) is 0 Å². The first kappa shape index (κ1) is 21.0. The van der Waals surface area contributed by atoms with Crippen molar-refractivity contribution in [2.24, 2.45) is 0 Å². The minimum atomic E-state index is -0.220. The molecule has 2 heterocycles. The van der Waals surface area contributed by atoms with Gasteiger partial charge in [-0.05, 0) is 48.5 Å². The van der Waals surface area contributed by atoms with Gasteiger partial charge in [-0.1, -0.05) is 36.4 Å². The van der Waals surface area contributed by atoms with Crippen LogP contribution in [-0.2, 0) is 12.8 Å². The van der Waals surface area contributed by atoms with Crippen molar-refractivity contribution in [3.8, 4) is 0 Å². The van der Waals surface area contributed by atoms with Crippen molar-refractivity contribution in [2.45, 2.75) is 18.9 Å². The van der Waals surface area contributed by atoms with E-state index in [1.807, 2.05) is 17.5 Å². The highest BCUT2D eigenvalue weighted by Gasteiger charge is 2.19. The van der Waals surface area contributed by atoms with E-state index in [1.54, 1.807) is 17.4 Å². The molecule has 1 aromatic carbocycles. The lowest BCUT2D eigenvalue weighted by atomic mass is 10.0. The molecular weight excluding hydrogens is 380 g/mol. The molecule has 3 rings (SSSR count). The molecule has 0 spiro atoms. The fraction of sp³-hybridized carbons (Fsp3) is 0.304. The third kappa shape index (κ3) is 6.14. The van der Waals surface area contributed by atoms with Crippen LogP contribution in [0.25, 0.3) is 0 Å². The first-order chi connectivity index (χ1) is 14.0. The Morgan fingerprint density at radius 3 is 2.66 bits per heavy atom. The van der Waals surface area contributed by atoms with E-state index >= 15 is 0 Å². The molecule has 0 aliphatic heterocycles. The molecule has 29 heavy (non-hydrogen) atoms. The van der Waals surface area contributed by atoms with Crippen LogP contribution in [0.4, 0.5) is 5.95 Å². The van der Waals surface area contributed by atoms with E-state index in [1.165, 1.54) is 11.1 Å². The molecule has 0 fully saturated rings. The minimum absolute atomic E-state index is 0.220. The Hall–Kier alpha value is -2.70. The summed E-state index contributed by atoms with van der Waals surface area (Å²) >= 11 is 1.66. The number of nitrogens with zero attached hydrogens (tertiary/aromatic N) is 3. The molecular formula is C23H28N4OS. The maximum absolute atomic E-state index is 12.3. The summed E-state index contributed by atoms with van der Waals surface area (Å²) in [7, 11) is 4.17. The minimum Gasteiger partial charge on any atom is -0.337 e. The predicted octanol–water partition coefficient (Wildman–Crippen LogP) is 3.59. The van der Waals surface area contributed by atoms with Gasteiger partial charge in [0.1, 0.15) is 0 Å². The van der Waals surface area contributed by atoms with Gasteiger partial charge in [-0.25, -0.2) is 0 Å². The summed E-state index contributed by atoms with van der Waals surface area (Å²) in [6, 6.07) is 14.4. The van der Waals surface area contributed by atoms with E-state index < -0.39 is 0 Å². The number of hydrogen-bond acceptors (Lipinski definition) is 5. The van der Waals surface area contributed by atoms with Crippen LogP contribution >= 0.6 is 11.3 Å². The maximum atomic E-state index is 12.3. The number of nitrogens with one attached hydrogen (secondary N) is 1. The number of aromatic nitrogens is 2. The SMILES string of the molecule is C=CCN(C[C@H](Cc1ccccc1)N(C)C)c1nc(=O)cc(Cc2ccsc2)[nH]1. The zero-order valence-corrected chi connectivity index (χ0v) is 17.9. The molecule has 0 aliphatic rings. The third-order valence-electron chi connectivity index (χ3n) is 4.89. The number of hydrogen-bond donors (Lipinski definition) is 1. The molecule has 2 aromatic heterocycles. The van der Waals surface area contributed by atoms with Crippen LogP contribution in [0.1, 0.15) is 16.8 Å². The zero-order valence-electron chi connectivity index (χ0n) is 17.0. The Bertz CT molecular complexity index is 951. The van der Waals surface area contributed by atoms with Crippen molar-refractivity contribution < 1.29 is 0 Å². The van der Waals surface area contributed by atoms with E-state index in [9.17, 15) is 4.79 Å². The number of likely N-dealkylation sites (N-methyl/N-ethyl adjacent to an activating group) is 1. The number of rotatable bonds is 10. The number of thiophene rings is 1. The summed E-state index contributed by atoms with van der Waals surface area (Å²) < 4.78 is 0. The molecule has 1 N–H and O–H groups in total. The molecule has 0 saturated carbocycles. The smallest absolute Gasteiger partial charge is 0.274 e. The van der Waals surface area contributed by atoms with Gasteiger partial charge < -0.3 is 14.8 Å². The van der Waals surface area contributed by atoms with Crippen molar-refractivity contribution in [3.05, 3.63) is 93.1 Å². The van der Waals surface area contributed by atoms with Crippen LogP contribution in [0.15, 0.2) is 70.7 Å². The molecule has 152 valence electrons. The molecule has 0 saturated heterocycles. The highest BCUT2D eigenvalue weighted by molar-refractivity contribution is 7.07. The summed E-state index contributed by atoms with van der Waals surface area (Å²) in [6.07, 6.45) is 3.46. The second-order valence-corrected chi connectivity index (χ2v) is 8.16. The first-order valence-corrected chi connectivity index (χ1v) is 10.7. The standard InChI is InChI=1S/C23H28N4OS/c1-4-11-27(16-21(26(2)3)14-18-8-6-5-7-9-18)23-24-20(15-22(28)25-23)13-19-10-12-29-17-19/h4-10,12,15,17,21H,1,11,13-14,16H2,2-3H3,(H,24,25,28)/t21-/m0/s1. The van der Waals surface area contributed by atoms with Crippen molar-refractivity contribution in [2.75, 3.05) is 32.1 Å². The number of aromatic amines is 1. The van der Waals surface area contributed by atoms with E-state index in [2.05, 4.69) is 76.2 Å². The molecule has 0 unspecified atom stereocenters. The van der Waals surface area contributed by atoms with E-state index in [0.29, 0.717) is 18.9 Å². The predicted molar refractivity (Wildman–Crippen MR) is 122 cm³/mol. The van der Waals surface area contributed by atoms with Crippen LogP contribution in [0.5, 0.6) is 0 Å². The van der Waals surface area contributed by atoms with Crippen LogP contribution in [0.2, 0.25) is 0 Å². The molecule has 1 atom stereocenters. The van der Waals surface area contributed by atoms with Crippen LogP contribution in [0.3, 0.4) is 0 Å². The third-order valence-corrected chi connectivity index (χ3v) is 5.62. The molecule has 0 bridgehead atoms. The Morgan fingerprint density at radius 2 is 2.00 bits per heavy atom.